The fourth-order valence-electron chi connectivity index (χ4n) is 4.32. The van der Waals surface area contributed by atoms with Crippen LogP contribution in [0.1, 0.15) is 16.7 Å². The zero-order valence-electron chi connectivity index (χ0n) is 18.0. The van der Waals surface area contributed by atoms with E-state index in [9.17, 15) is 19.9 Å². The first kappa shape index (κ1) is 20.8. The Hall–Kier alpha value is -4.03. The molecule has 3 aromatic heterocycles. The van der Waals surface area contributed by atoms with E-state index in [2.05, 4.69) is 26.0 Å². The molecule has 0 bridgehead atoms. The number of rotatable bonds is 3. The molecule has 3 N–H and O–H groups in total. The van der Waals surface area contributed by atoms with Crippen molar-refractivity contribution in [3.05, 3.63) is 53.5 Å². The third kappa shape index (κ3) is 3.45. The highest BCUT2D eigenvalue weighted by molar-refractivity contribution is 5.94. The van der Waals surface area contributed by atoms with Gasteiger partial charge in [0.1, 0.15) is 29.7 Å². The molecule has 1 saturated heterocycles. The van der Waals surface area contributed by atoms with Gasteiger partial charge in [0.15, 0.2) is 0 Å². The van der Waals surface area contributed by atoms with Crippen molar-refractivity contribution in [2.75, 3.05) is 18.0 Å². The Kier molecular flexibility index (Phi) is 4.95. The molecule has 0 amide bonds. The van der Waals surface area contributed by atoms with E-state index in [1.807, 2.05) is 26.0 Å². The minimum atomic E-state index is -1.31. The van der Waals surface area contributed by atoms with Crippen LogP contribution in [-0.2, 0) is 0 Å². The molecule has 33 heavy (non-hydrogen) atoms. The SMILES string of the molecule is Cc1ccc(O)c(C)c1-c1cnc2[nH]c(-c3cnc(N4C[C@H](O)[C@@H](F)C4)nc3)cc2c1C#N. The number of aromatic nitrogens is 4. The fourth-order valence-corrected chi connectivity index (χ4v) is 4.32. The number of β-amino-alcohol motifs (C(OH)–C–C–N with tert-alkyl or cyclic N) is 1. The Bertz CT molecular complexity index is 1400. The molecule has 9 heteroatoms. The number of phenolic OH excluding ortho intramolecular Hbond substituents is 1. The molecule has 2 atom stereocenters. The van der Waals surface area contributed by atoms with Crippen LogP contribution in [0.5, 0.6) is 5.75 Å². The van der Waals surface area contributed by atoms with Gasteiger partial charge in [-0.15, -0.1) is 0 Å². The van der Waals surface area contributed by atoms with Crippen LogP contribution in [0.15, 0.2) is 36.8 Å². The molecule has 0 saturated carbocycles. The zero-order valence-corrected chi connectivity index (χ0v) is 18.0. The molecule has 1 aliphatic rings. The van der Waals surface area contributed by atoms with Crippen LogP contribution in [-0.4, -0.2) is 55.5 Å². The summed E-state index contributed by atoms with van der Waals surface area (Å²) in [5.74, 6) is 0.512. The van der Waals surface area contributed by atoms with Gasteiger partial charge in [0.2, 0.25) is 5.95 Å². The normalized spacial score (nSPS) is 18.1. The number of hydrogen-bond donors (Lipinski definition) is 3. The second kappa shape index (κ2) is 7.83. The summed E-state index contributed by atoms with van der Waals surface area (Å²) >= 11 is 0. The first-order valence-corrected chi connectivity index (χ1v) is 10.5. The van der Waals surface area contributed by atoms with E-state index in [-0.39, 0.29) is 18.8 Å². The molecule has 0 spiro atoms. The molecule has 0 radical (unpaired) electrons. The van der Waals surface area contributed by atoms with Crippen LogP contribution in [0.4, 0.5) is 10.3 Å². The maximum absolute atomic E-state index is 13.6. The molecule has 8 nitrogen and oxygen atoms in total. The number of phenols is 1. The van der Waals surface area contributed by atoms with Crippen LogP contribution < -0.4 is 4.90 Å². The van der Waals surface area contributed by atoms with Crippen molar-refractivity contribution in [2.45, 2.75) is 26.1 Å². The Morgan fingerprint density at radius 1 is 1.15 bits per heavy atom. The van der Waals surface area contributed by atoms with Gasteiger partial charge >= 0.3 is 0 Å². The van der Waals surface area contributed by atoms with E-state index >= 15 is 0 Å². The molecule has 166 valence electrons. The van der Waals surface area contributed by atoms with Crippen LogP contribution >= 0.6 is 0 Å². The van der Waals surface area contributed by atoms with Gasteiger partial charge in [-0.05, 0) is 42.7 Å². The predicted molar refractivity (Wildman–Crippen MR) is 122 cm³/mol. The molecule has 4 heterocycles. The third-order valence-corrected chi connectivity index (χ3v) is 6.14. The number of H-pyrrole nitrogens is 1. The van der Waals surface area contributed by atoms with Crippen molar-refractivity contribution in [3.63, 3.8) is 0 Å². The highest BCUT2D eigenvalue weighted by Crippen LogP contribution is 2.37. The molecule has 0 aliphatic carbocycles. The number of aromatic amines is 1. The Morgan fingerprint density at radius 3 is 2.58 bits per heavy atom. The van der Waals surface area contributed by atoms with Crippen molar-refractivity contribution in [2.24, 2.45) is 0 Å². The first-order chi connectivity index (χ1) is 15.9. The summed E-state index contributed by atoms with van der Waals surface area (Å²) in [6.07, 6.45) is 2.51. The first-order valence-electron chi connectivity index (χ1n) is 10.5. The predicted octanol–water partition coefficient (Wildman–Crippen LogP) is 3.40. The fraction of sp³-hybridized carbons (Fsp3) is 0.250. The van der Waals surface area contributed by atoms with Gasteiger partial charge in [-0.25, -0.2) is 19.3 Å². The molecule has 5 rings (SSSR count). The number of pyridine rings is 1. The van der Waals surface area contributed by atoms with E-state index in [4.69, 9.17) is 0 Å². The van der Waals surface area contributed by atoms with E-state index in [1.165, 1.54) is 0 Å². The Morgan fingerprint density at radius 2 is 1.91 bits per heavy atom. The number of anilines is 1. The second-order valence-corrected chi connectivity index (χ2v) is 8.27. The number of alkyl halides is 1. The van der Waals surface area contributed by atoms with Crippen molar-refractivity contribution in [1.29, 1.82) is 5.26 Å². The number of aryl methyl sites for hydroxylation is 1. The number of benzene rings is 1. The summed E-state index contributed by atoms with van der Waals surface area (Å²) in [6, 6.07) is 7.57. The molecular formula is C24H21FN6O2. The van der Waals surface area contributed by atoms with Gasteiger partial charge in [-0.3, -0.25) is 0 Å². The third-order valence-electron chi connectivity index (χ3n) is 6.14. The van der Waals surface area contributed by atoms with Crippen LogP contribution in [0.2, 0.25) is 0 Å². The van der Waals surface area contributed by atoms with Crippen molar-refractivity contribution in [3.8, 4) is 34.2 Å². The molecule has 1 fully saturated rings. The molecule has 1 aromatic carbocycles. The topological polar surface area (TPSA) is 122 Å². The van der Waals surface area contributed by atoms with Gasteiger partial charge in [0.25, 0.3) is 0 Å². The van der Waals surface area contributed by atoms with Gasteiger partial charge in [-0.2, -0.15) is 5.26 Å². The molecule has 1 aliphatic heterocycles. The lowest BCUT2D eigenvalue weighted by molar-refractivity contribution is 0.118. The highest BCUT2D eigenvalue weighted by Gasteiger charge is 2.32. The van der Waals surface area contributed by atoms with E-state index < -0.39 is 12.3 Å². The monoisotopic (exact) mass is 444 g/mol. The minimum absolute atomic E-state index is 0.0546. The summed E-state index contributed by atoms with van der Waals surface area (Å²) in [5.41, 5.74) is 5.44. The standard InChI is InChI=1S/C24H21FN6O2/c1-12-3-4-20(32)13(2)22(12)17-9-27-23-15(16(17)6-26)5-19(30-23)14-7-28-24(29-8-14)31-10-18(25)21(33)11-31/h3-5,7-9,18,21,32-33H,10-11H2,1-2H3,(H,27,30)/t18-,21-/m0/s1. The zero-order chi connectivity index (χ0) is 23.3. The maximum Gasteiger partial charge on any atom is 0.225 e. The van der Waals surface area contributed by atoms with Crippen molar-refractivity contribution >= 4 is 17.0 Å². The van der Waals surface area contributed by atoms with Gasteiger partial charge < -0.3 is 20.1 Å². The second-order valence-electron chi connectivity index (χ2n) is 8.27. The lowest BCUT2D eigenvalue weighted by atomic mass is 9.92. The molecule has 4 aromatic rings. The number of fused-ring (bicyclic) bond motifs is 1. The maximum atomic E-state index is 13.6. The van der Waals surface area contributed by atoms with Crippen LogP contribution in [0.25, 0.3) is 33.4 Å². The number of nitriles is 1. The lowest BCUT2D eigenvalue weighted by Crippen LogP contribution is -2.23. The number of nitrogens with one attached hydrogen (secondary N) is 1. The minimum Gasteiger partial charge on any atom is -0.508 e. The number of hydrogen-bond acceptors (Lipinski definition) is 7. The van der Waals surface area contributed by atoms with Gasteiger partial charge in [0, 0.05) is 41.6 Å². The lowest BCUT2D eigenvalue weighted by Gasteiger charge is -2.14. The van der Waals surface area contributed by atoms with Gasteiger partial charge in [-0.1, -0.05) is 6.07 Å². The highest BCUT2D eigenvalue weighted by atomic mass is 19.1. The Balaban J connectivity index is 1.55. The van der Waals surface area contributed by atoms with E-state index in [0.717, 1.165) is 11.1 Å². The summed E-state index contributed by atoms with van der Waals surface area (Å²) in [5, 5.41) is 30.4. The van der Waals surface area contributed by atoms with Crippen LogP contribution in [0, 0.1) is 25.2 Å². The number of halogens is 1. The average Bonchev–Trinajstić information content (AvgIpc) is 3.39. The summed E-state index contributed by atoms with van der Waals surface area (Å²) in [4.78, 5) is 18.0. The van der Waals surface area contributed by atoms with E-state index in [1.54, 1.807) is 29.6 Å². The van der Waals surface area contributed by atoms with Crippen molar-refractivity contribution in [1.82, 2.24) is 19.9 Å². The summed E-state index contributed by atoms with van der Waals surface area (Å²) < 4.78 is 13.6. The quantitative estimate of drug-likeness (QED) is 0.443. The summed E-state index contributed by atoms with van der Waals surface area (Å²) in [6.45, 7) is 3.95. The molecular weight excluding hydrogens is 423 g/mol. The largest absolute Gasteiger partial charge is 0.508 e. The molecule has 0 unspecified atom stereocenters. The number of aliphatic hydroxyl groups excluding tert-OH is 1. The van der Waals surface area contributed by atoms with Crippen LogP contribution in [0.3, 0.4) is 0 Å². The van der Waals surface area contributed by atoms with E-state index in [0.29, 0.717) is 44.9 Å². The Labute approximate surface area is 189 Å². The smallest absolute Gasteiger partial charge is 0.225 e. The number of aliphatic hydroxyl groups is 1. The van der Waals surface area contributed by atoms with Crippen molar-refractivity contribution < 1.29 is 14.6 Å². The summed E-state index contributed by atoms with van der Waals surface area (Å²) in [7, 11) is 0. The average molecular weight is 444 g/mol. The number of aromatic hydroxyl groups is 1. The number of nitrogens with zero attached hydrogens (tertiary/aromatic N) is 5. The van der Waals surface area contributed by atoms with Gasteiger partial charge in [0.05, 0.1) is 17.8 Å².